The Bertz CT molecular complexity index is 1710. The van der Waals surface area contributed by atoms with Crippen LogP contribution in [0.25, 0.3) is 33.2 Å². The summed E-state index contributed by atoms with van der Waals surface area (Å²) in [6.07, 6.45) is 3.44. The zero-order valence-electron chi connectivity index (χ0n) is 19.4. The summed E-state index contributed by atoms with van der Waals surface area (Å²) in [6, 6.07) is 15.9. The zero-order valence-corrected chi connectivity index (χ0v) is 19.4. The fraction of sp³-hybridized carbons (Fsp3) is 0.154. The molecule has 0 unspecified atom stereocenters. The highest BCUT2D eigenvalue weighted by Gasteiger charge is 2.22. The average Bonchev–Trinajstić information content (AvgIpc) is 3.49. The van der Waals surface area contributed by atoms with Crippen LogP contribution in [0, 0.1) is 13.8 Å². The van der Waals surface area contributed by atoms with E-state index in [1.807, 2.05) is 62.4 Å². The van der Waals surface area contributed by atoms with Gasteiger partial charge in [-0.1, -0.05) is 36.4 Å². The van der Waals surface area contributed by atoms with Crippen LogP contribution in [-0.4, -0.2) is 30.9 Å². The molecule has 9 heteroatoms. The predicted molar refractivity (Wildman–Crippen MR) is 137 cm³/mol. The Kier molecular flexibility index (Phi) is 4.85. The summed E-state index contributed by atoms with van der Waals surface area (Å²) in [5.41, 5.74) is 18.1. The van der Waals surface area contributed by atoms with Gasteiger partial charge in [-0.3, -0.25) is 9.36 Å². The lowest BCUT2D eigenvalue weighted by Gasteiger charge is -2.17. The van der Waals surface area contributed by atoms with Gasteiger partial charge in [0.1, 0.15) is 17.8 Å². The number of benzene rings is 2. The molecule has 9 nitrogen and oxygen atoms in total. The Morgan fingerprint density at radius 3 is 2.66 bits per heavy atom. The SMILES string of the molecule is Cc1ccccc1-n1c(Cn2nc(C3=CCNN3)c3c(N)ncnc32)cc2cccc(C)c2c1=O. The van der Waals surface area contributed by atoms with Crippen LogP contribution < -0.4 is 22.1 Å². The van der Waals surface area contributed by atoms with Crippen LogP contribution >= 0.6 is 0 Å². The first kappa shape index (κ1) is 21.1. The second kappa shape index (κ2) is 8.07. The van der Waals surface area contributed by atoms with Crippen molar-refractivity contribution in [1.29, 1.82) is 0 Å². The van der Waals surface area contributed by atoms with Crippen molar-refractivity contribution in [2.45, 2.75) is 20.4 Å². The second-order valence-corrected chi connectivity index (χ2v) is 8.69. The minimum atomic E-state index is -0.0555. The largest absolute Gasteiger partial charge is 0.383 e. The number of aryl methyl sites for hydroxylation is 2. The van der Waals surface area contributed by atoms with Crippen LogP contribution in [0.3, 0.4) is 0 Å². The first-order chi connectivity index (χ1) is 17.0. The van der Waals surface area contributed by atoms with Crippen molar-refractivity contribution in [1.82, 2.24) is 35.2 Å². The van der Waals surface area contributed by atoms with Gasteiger partial charge in [0.2, 0.25) is 0 Å². The Labute approximate surface area is 200 Å². The van der Waals surface area contributed by atoms with E-state index in [2.05, 4.69) is 26.9 Å². The van der Waals surface area contributed by atoms with E-state index in [-0.39, 0.29) is 5.56 Å². The smallest absolute Gasteiger partial charge is 0.263 e. The monoisotopic (exact) mass is 464 g/mol. The normalized spacial score (nSPS) is 13.4. The number of aromatic nitrogens is 5. The maximum atomic E-state index is 13.9. The number of nitrogen functional groups attached to an aromatic ring is 1. The molecular weight excluding hydrogens is 440 g/mol. The van der Waals surface area contributed by atoms with Gasteiger partial charge in [-0.05, 0) is 48.6 Å². The van der Waals surface area contributed by atoms with Gasteiger partial charge in [-0.25, -0.2) is 20.1 Å². The number of hydrazine groups is 1. The minimum Gasteiger partial charge on any atom is -0.383 e. The summed E-state index contributed by atoms with van der Waals surface area (Å²) in [7, 11) is 0. The molecule has 4 N–H and O–H groups in total. The van der Waals surface area contributed by atoms with Gasteiger partial charge in [-0.15, -0.1) is 0 Å². The summed E-state index contributed by atoms with van der Waals surface area (Å²) in [5, 5.41) is 7.14. The molecule has 1 aliphatic heterocycles. The first-order valence-electron chi connectivity index (χ1n) is 11.4. The number of rotatable bonds is 4. The highest BCUT2D eigenvalue weighted by molar-refractivity contribution is 5.95. The molecule has 0 aliphatic carbocycles. The molecule has 0 atom stereocenters. The van der Waals surface area contributed by atoms with Crippen LogP contribution in [0.1, 0.15) is 22.5 Å². The number of anilines is 1. The van der Waals surface area contributed by atoms with E-state index < -0.39 is 0 Å². The minimum absolute atomic E-state index is 0.0555. The van der Waals surface area contributed by atoms with E-state index >= 15 is 0 Å². The fourth-order valence-electron chi connectivity index (χ4n) is 4.77. The number of hydrogen-bond acceptors (Lipinski definition) is 7. The zero-order chi connectivity index (χ0) is 24.1. The van der Waals surface area contributed by atoms with Crippen molar-refractivity contribution in [3.63, 3.8) is 0 Å². The van der Waals surface area contributed by atoms with E-state index in [9.17, 15) is 4.79 Å². The third-order valence-electron chi connectivity index (χ3n) is 6.44. The molecule has 0 saturated carbocycles. The first-order valence-corrected chi connectivity index (χ1v) is 11.4. The highest BCUT2D eigenvalue weighted by atomic mass is 16.1. The lowest BCUT2D eigenvalue weighted by atomic mass is 10.1. The van der Waals surface area contributed by atoms with Gasteiger partial charge >= 0.3 is 0 Å². The lowest BCUT2D eigenvalue weighted by molar-refractivity contribution is 0.663. The molecule has 5 aromatic rings. The summed E-state index contributed by atoms with van der Waals surface area (Å²) < 4.78 is 3.58. The number of nitrogens with zero attached hydrogens (tertiary/aromatic N) is 5. The van der Waals surface area contributed by atoms with Crippen LogP contribution in [0.15, 0.2) is 65.7 Å². The van der Waals surface area contributed by atoms with Crippen LogP contribution in [-0.2, 0) is 6.54 Å². The number of fused-ring (bicyclic) bond motifs is 2. The van der Waals surface area contributed by atoms with Crippen molar-refractivity contribution < 1.29 is 0 Å². The molecule has 0 amide bonds. The van der Waals surface area contributed by atoms with Crippen molar-refractivity contribution >= 4 is 33.3 Å². The molecule has 0 fully saturated rings. The molecule has 35 heavy (non-hydrogen) atoms. The van der Waals surface area contributed by atoms with Gasteiger partial charge in [-0.2, -0.15) is 5.10 Å². The van der Waals surface area contributed by atoms with E-state index in [0.29, 0.717) is 41.0 Å². The lowest BCUT2D eigenvalue weighted by Crippen LogP contribution is -2.25. The third kappa shape index (κ3) is 3.36. The van der Waals surface area contributed by atoms with Gasteiger partial charge in [0, 0.05) is 12.2 Å². The van der Waals surface area contributed by atoms with E-state index in [1.165, 1.54) is 6.33 Å². The molecule has 4 heterocycles. The average molecular weight is 465 g/mol. The van der Waals surface area contributed by atoms with Gasteiger partial charge in [0.05, 0.1) is 28.7 Å². The molecule has 174 valence electrons. The number of para-hydroxylation sites is 1. The van der Waals surface area contributed by atoms with E-state index in [1.54, 1.807) is 9.25 Å². The van der Waals surface area contributed by atoms with Crippen LogP contribution in [0.2, 0.25) is 0 Å². The molecule has 2 aromatic carbocycles. The molecule has 0 radical (unpaired) electrons. The summed E-state index contributed by atoms with van der Waals surface area (Å²) in [4.78, 5) is 22.6. The van der Waals surface area contributed by atoms with E-state index in [0.717, 1.165) is 33.6 Å². The quantitative estimate of drug-likeness (QED) is 0.375. The second-order valence-electron chi connectivity index (χ2n) is 8.69. The maximum Gasteiger partial charge on any atom is 0.263 e. The van der Waals surface area contributed by atoms with Gasteiger partial charge < -0.3 is 11.2 Å². The Morgan fingerprint density at radius 1 is 1.03 bits per heavy atom. The number of hydrogen-bond donors (Lipinski definition) is 3. The maximum absolute atomic E-state index is 13.9. The fourth-order valence-corrected chi connectivity index (χ4v) is 4.77. The predicted octanol–water partition coefficient (Wildman–Crippen LogP) is 2.83. The van der Waals surface area contributed by atoms with Crippen molar-refractivity contribution in [2.24, 2.45) is 0 Å². The Hall–Kier alpha value is -4.50. The molecule has 1 aliphatic rings. The van der Waals surface area contributed by atoms with Crippen LogP contribution in [0.4, 0.5) is 5.82 Å². The van der Waals surface area contributed by atoms with Crippen molar-refractivity contribution in [2.75, 3.05) is 12.3 Å². The summed E-state index contributed by atoms with van der Waals surface area (Å²) >= 11 is 0. The summed E-state index contributed by atoms with van der Waals surface area (Å²) in [6.45, 7) is 4.97. The standard InChI is InChI=1S/C26H24N8O/c1-15-6-3-4-9-20(15)34-18(12-17-8-5-7-16(2)21(17)26(34)35)13-33-25-22(24(27)28-14-29-25)23(32-33)19-10-11-30-31-19/h3-10,12,14,30-31H,11,13H2,1-2H3,(H2,27,28,29). The highest BCUT2D eigenvalue weighted by Crippen LogP contribution is 2.28. The molecule has 6 rings (SSSR count). The van der Waals surface area contributed by atoms with Crippen molar-refractivity contribution in [3.05, 3.63) is 93.8 Å². The van der Waals surface area contributed by atoms with E-state index in [4.69, 9.17) is 10.8 Å². The molecule has 0 spiro atoms. The Morgan fingerprint density at radius 2 is 1.86 bits per heavy atom. The van der Waals surface area contributed by atoms with Crippen LogP contribution in [0.5, 0.6) is 0 Å². The third-order valence-corrected chi connectivity index (χ3v) is 6.44. The van der Waals surface area contributed by atoms with Crippen molar-refractivity contribution in [3.8, 4) is 5.69 Å². The number of nitrogens with two attached hydrogens (primary N) is 1. The molecular formula is C26H24N8O. The Balaban J connectivity index is 1.62. The van der Waals surface area contributed by atoms with Gasteiger partial charge in [0.15, 0.2) is 5.65 Å². The topological polar surface area (TPSA) is 116 Å². The molecule has 3 aromatic heterocycles. The van der Waals surface area contributed by atoms with Gasteiger partial charge in [0.25, 0.3) is 5.56 Å². The molecule has 0 saturated heterocycles. The number of nitrogens with one attached hydrogen (secondary N) is 2. The summed E-state index contributed by atoms with van der Waals surface area (Å²) in [5.74, 6) is 0.358. The number of pyridine rings is 1. The molecule has 0 bridgehead atoms.